The molecular weight excluding hydrogens is 240 g/mol. The highest BCUT2D eigenvalue weighted by atomic mass is 32.2. The maximum absolute atomic E-state index is 11.8. The summed E-state index contributed by atoms with van der Waals surface area (Å²) in [7, 11) is -1.91. The van der Waals surface area contributed by atoms with Crippen molar-refractivity contribution in [2.45, 2.75) is 24.3 Å². The van der Waals surface area contributed by atoms with E-state index in [1.165, 1.54) is 19.2 Å². The van der Waals surface area contributed by atoms with Crippen LogP contribution in [-0.4, -0.2) is 28.1 Å². The fraction of sp³-hybridized carbons (Fsp3) is 0.455. The Balaban J connectivity index is 2.68. The zero-order chi connectivity index (χ0) is 12.9. The summed E-state index contributed by atoms with van der Waals surface area (Å²) in [6, 6.07) is 6.22. The summed E-state index contributed by atoms with van der Waals surface area (Å²) in [6.45, 7) is 2.17. The van der Waals surface area contributed by atoms with Gasteiger partial charge in [0.15, 0.2) is 0 Å². The second kappa shape index (κ2) is 6.00. The van der Waals surface area contributed by atoms with Crippen LogP contribution in [0.15, 0.2) is 29.2 Å². The number of hydrogen-bond donors (Lipinski definition) is 2. The van der Waals surface area contributed by atoms with E-state index in [0.717, 1.165) is 0 Å². The van der Waals surface area contributed by atoms with Gasteiger partial charge in [-0.1, -0.05) is 0 Å². The Hall–Kier alpha value is -1.11. The molecule has 0 aliphatic heterocycles. The average molecular weight is 258 g/mol. The predicted molar refractivity (Wildman–Crippen MR) is 66.4 cm³/mol. The lowest BCUT2D eigenvalue weighted by molar-refractivity contribution is 0.414. The third-order valence-electron chi connectivity index (χ3n) is 2.26. The number of hydrogen-bond acceptors (Lipinski definition) is 4. The van der Waals surface area contributed by atoms with Crippen molar-refractivity contribution in [2.24, 2.45) is 5.73 Å². The lowest BCUT2D eigenvalue weighted by Gasteiger charge is -2.08. The van der Waals surface area contributed by atoms with Gasteiger partial charge in [-0.25, -0.2) is 13.1 Å². The van der Waals surface area contributed by atoms with E-state index >= 15 is 0 Å². The van der Waals surface area contributed by atoms with Crippen LogP contribution < -0.4 is 15.2 Å². The van der Waals surface area contributed by atoms with Gasteiger partial charge in [0.25, 0.3) is 0 Å². The van der Waals surface area contributed by atoms with E-state index in [0.29, 0.717) is 18.7 Å². The maximum atomic E-state index is 11.8. The van der Waals surface area contributed by atoms with Crippen molar-refractivity contribution in [3.63, 3.8) is 0 Å². The topological polar surface area (TPSA) is 81.4 Å². The van der Waals surface area contributed by atoms with Crippen LogP contribution in [0.5, 0.6) is 5.75 Å². The van der Waals surface area contributed by atoms with Crippen molar-refractivity contribution in [2.75, 3.05) is 13.7 Å². The zero-order valence-electron chi connectivity index (χ0n) is 10.0. The number of nitrogens with one attached hydrogen (secondary N) is 1. The molecule has 0 radical (unpaired) electrons. The molecule has 1 aromatic carbocycles. The van der Waals surface area contributed by atoms with Gasteiger partial charge in [0.1, 0.15) is 5.75 Å². The summed E-state index contributed by atoms with van der Waals surface area (Å²) in [4.78, 5) is 0.225. The normalized spacial score (nSPS) is 13.4. The van der Waals surface area contributed by atoms with E-state index < -0.39 is 10.0 Å². The first kappa shape index (κ1) is 14.0. The highest BCUT2D eigenvalue weighted by molar-refractivity contribution is 7.89. The molecule has 17 heavy (non-hydrogen) atoms. The van der Waals surface area contributed by atoms with Crippen molar-refractivity contribution in [1.82, 2.24) is 4.72 Å². The first-order chi connectivity index (χ1) is 7.95. The second-order valence-electron chi connectivity index (χ2n) is 3.84. The van der Waals surface area contributed by atoms with Gasteiger partial charge in [-0.2, -0.15) is 0 Å². The minimum atomic E-state index is -3.44. The van der Waals surface area contributed by atoms with Crippen molar-refractivity contribution in [3.05, 3.63) is 24.3 Å². The van der Waals surface area contributed by atoms with Gasteiger partial charge in [0.05, 0.1) is 12.0 Å². The number of benzene rings is 1. The van der Waals surface area contributed by atoms with E-state index in [1.807, 2.05) is 6.92 Å². The minimum absolute atomic E-state index is 0.0198. The largest absolute Gasteiger partial charge is 0.497 e. The molecule has 1 rings (SSSR count). The monoisotopic (exact) mass is 258 g/mol. The van der Waals surface area contributed by atoms with Gasteiger partial charge < -0.3 is 10.5 Å². The Morgan fingerprint density at radius 3 is 2.41 bits per heavy atom. The average Bonchev–Trinajstić information content (AvgIpc) is 2.28. The molecule has 0 aromatic heterocycles. The van der Waals surface area contributed by atoms with Gasteiger partial charge in [-0.05, 0) is 37.6 Å². The molecule has 0 amide bonds. The predicted octanol–water partition coefficient (Wildman–Crippen LogP) is 0.711. The molecule has 0 aliphatic rings. The third kappa shape index (κ3) is 4.33. The SMILES string of the molecule is COc1ccc(S(=O)(=O)NCC[C@H](C)N)cc1. The molecule has 0 saturated carbocycles. The maximum Gasteiger partial charge on any atom is 0.240 e. The summed E-state index contributed by atoms with van der Waals surface area (Å²) in [5, 5.41) is 0. The molecule has 0 heterocycles. The van der Waals surface area contributed by atoms with Crippen LogP contribution in [0.2, 0.25) is 0 Å². The van der Waals surface area contributed by atoms with Crippen LogP contribution >= 0.6 is 0 Å². The van der Waals surface area contributed by atoms with Crippen LogP contribution in [0.25, 0.3) is 0 Å². The molecule has 1 aromatic rings. The molecule has 0 unspecified atom stereocenters. The Morgan fingerprint density at radius 1 is 1.35 bits per heavy atom. The summed E-state index contributed by atoms with van der Waals surface area (Å²) < 4.78 is 31.1. The Morgan fingerprint density at radius 2 is 1.94 bits per heavy atom. The molecule has 3 N–H and O–H groups in total. The summed E-state index contributed by atoms with van der Waals surface area (Å²) in [5.74, 6) is 0.625. The molecule has 0 aliphatic carbocycles. The number of rotatable bonds is 6. The van der Waals surface area contributed by atoms with E-state index in [9.17, 15) is 8.42 Å². The lowest BCUT2D eigenvalue weighted by Crippen LogP contribution is -2.29. The summed E-state index contributed by atoms with van der Waals surface area (Å²) >= 11 is 0. The zero-order valence-corrected chi connectivity index (χ0v) is 10.8. The van der Waals surface area contributed by atoms with Gasteiger partial charge in [0, 0.05) is 12.6 Å². The Kier molecular flexibility index (Phi) is 4.92. The van der Waals surface area contributed by atoms with Crippen molar-refractivity contribution in [3.8, 4) is 5.75 Å². The van der Waals surface area contributed by atoms with Gasteiger partial charge in [-0.3, -0.25) is 0 Å². The number of sulfonamides is 1. The van der Waals surface area contributed by atoms with Gasteiger partial charge in [0.2, 0.25) is 10.0 Å². The molecule has 0 fully saturated rings. The molecule has 96 valence electrons. The van der Waals surface area contributed by atoms with Crippen molar-refractivity contribution >= 4 is 10.0 Å². The molecule has 0 saturated heterocycles. The molecule has 6 heteroatoms. The highest BCUT2D eigenvalue weighted by Crippen LogP contribution is 2.15. The second-order valence-corrected chi connectivity index (χ2v) is 5.61. The van der Waals surface area contributed by atoms with E-state index in [2.05, 4.69) is 4.72 Å². The van der Waals surface area contributed by atoms with E-state index in [1.54, 1.807) is 12.1 Å². The van der Waals surface area contributed by atoms with Crippen molar-refractivity contribution < 1.29 is 13.2 Å². The van der Waals surface area contributed by atoms with Crippen LogP contribution in [0.4, 0.5) is 0 Å². The quantitative estimate of drug-likeness (QED) is 0.787. The lowest BCUT2D eigenvalue weighted by atomic mass is 10.3. The fourth-order valence-corrected chi connectivity index (χ4v) is 2.31. The smallest absolute Gasteiger partial charge is 0.240 e. The Labute approximate surface area is 102 Å². The van der Waals surface area contributed by atoms with Gasteiger partial charge >= 0.3 is 0 Å². The summed E-state index contributed by atoms with van der Waals surface area (Å²) in [6.07, 6.45) is 0.607. The fourth-order valence-electron chi connectivity index (χ4n) is 1.26. The highest BCUT2D eigenvalue weighted by Gasteiger charge is 2.13. The first-order valence-corrected chi connectivity index (χ1v) is 6.83. The number of nitrogens with two attached hydrogens (primary N) is 1. The van der Waals surface area contributed by atoms with Crippen LogP contribution in [-0.2, 0) is 10.0 Å². The Bertz CT molecular complexity index is 440. The van der Waals surface area contributed by atoms with Crippen LogP contribution in [0.3, 0.4) is 0 Å². The third-order valence-corrected chi connectivity index (χ3v) is 3.74. The van der Waals surface area contributed by atoms with E-state index in [-0.39, 0.29) is 10.9 Å². The minimum Gasteiger partial charge on any atom is -0.497 e. The molecule has 0 bridgehead atoms. The van der Waals surface area contributed by atoms with Crippen LogP contribution in [0.1, 0.15) is 13.3 Å². The van der Waals surface area contributed by atoms with E-state index in [4.69, 9.17) is 10.5 Å². The molecule has 0 spiro atoms. The van der Waals surface area contributed by atoms with Crippen LogP contribution in [0, 0.1) is 0 Å². The molecule has 1 atom stereocenters. The molecule has 5 nitrogen and oxygen atoms in total. The van der Waals surface area contributed by atoms with Crippen molar-refractivity contribution in [1.29, 1.82) is 0 Å². The number of ether oxygens (including phenoxy) is 1. The molecular formula is C11H18N2O3S. The number of methoxy groups -OCH3 is 1. The van der Waals surface area contributed by atoms with Gasteiger partial charge in [-0.15, -0.1) is 0 Å². The summed E-state index contributed by atoms with van der Waals surface area (Å²) in [5.41, 5.74) is 5.55. The first-order valence-electron chi connectivity index (χ1n) is 5.35. The standard InChI is InChI=1S/C11H18N2O3S/c1-9(12)7-8-13-17(14,15)11-5-3-10(16-2)4-6-11/h3-6,9,13H,7-8,12H2,1-2H3/t9-/m0/s1.